The van der Waals surface area contributed by atoms with Crippen molar-refractivity contribution >= 4 is 24.9 Å². The molecule has 2 aliphatic rings. The van der Waals surface area contributed by atoms with Crippen LogP contribution in [0.1, 0.15) is 64.4 Å². The number of carboxylic acids is 1. The zero-order valence-corrected chi connectivity index (χ0v) is 20.2. The maximum Gasteiger partial charge on any atom is 0.462 e. The largest absolute Gasteiger partial charge is 0.478 e. The van der Waals surface area contributed by atoms with Crippen LogP contribution in [0.25, 0.3) is 0 Å². The van der Waals surface area contributed by atoms with Gasteiger partial charge < -0.3 is 29.0 Å². The zero-order valence-electron chi connectivity index (χ0n) is 20.2. The molecule has 1 aromatic rings. The fourth-order valence-electron chi connectivity index (χ4n) is 3.81. The van der Waals surface area contributed by atoms with Crippen LogP contribution < -0.4 is 4.90 Å². The second kappa shape index (κ2) is 8.59. The Morgan fingerprint density at radius 2 is 1.59 bits per heavy atom. The average molecular weight is 446 g/mol. The minimum absolute atomic E-state index is 0.226. The maximum absolute atomic E-state index is 12.3. The topological polar surface area (TPSA) is 88.5 Å². The Morgan fingerprint density at radius 1 is 1.03 bits per heavy atom. The summed E-state index contributed by atoms with van der Waals surface area (Å²) in [7, 11) is -0.444. The number of carbonyl (C=O) groups excluding carboxylic acids is 1. The Labute approximate surface area is 190 Å². The Morgan fingerprint density at radius 3 is 2.09 bits per heavy atom. The van der Waals surface area contributed by atoms with Gasteiger partial charge in [0.05, 0.1) is 16.8 Å². The van der Waals surface area contributed by atoms with Gasteiger partial charge in [0.25, 0.3) is 0 Å². The van der Waals surface area contributed by atoms with Crippen LogP contribution >= 0.6 is 0 Å². The molecule has 0 unspecified atom stereocenters. The minimum atomic E-state index is -0.977. The molecule has 32 heavy (non-hydrogen) atoms. The van der Waals surface area contributed by atoms with E-state index in [2.05, 4.69) is 4.90 Å². The van der Waals surface area contributed by atoms with Crippen LogP contribution in [0.5, 0.6) is 0 Å². The Kier molecular flexibility index (Phi) is 6.55. The van der Waals surface area contributed by atoms with Crippen molar-refractivity contribution in [1.29, 1.82) is 0 Å². The van der Waals surface area contributed by atoms with Crippen LogP contribution in [0.2, 0.25) is 0 Å². The molecule has 176 valence electrons. The lowest BCUT2D eigenvalue weighted by Gasteiger charge is -2.37. The first-order valence-corrected chi connectivity index (χ1v) is 11.1. The molecule has 2 saturated heterocycles. The van der Waals surface area contributed by atoms with E-state index in [-0.39, 0.29) is 11.7 Å². The molecule has 1 aromatic carbocycles. The number of ether oxygens (including phenoxy) is 1. The predicted molar refractivity (Wildman–Crippen MR) is 123 cm³/mol. The van der Waals surface area contributed by atoms with Crippen molar-refractivity contribution in [2.24, 2.45) is 0 Å². The normalized spacial score (nSPS) is 20.4. The number of piperazine rings is 1. The number of aromatic carboxylic acids is 1. The van der Waals surface area contributed by atoms with Gasteiger partial charge in [-0.1, -0.05) is 0 Å². The van der Waals surface area contributed by atoms with Gasteiger partial charge in [-0.15, -0.1) is 0 Å². The van der Waals surface area contributed by atoms with Crippen LogP contribution in [0.15, 0.2) is 18.2 Å². The summed E-state index contributed by atoms with van der Waals surface area (Å²) in [5.74, 6) is -0.977. The lowest BCUT2D eigenvalue weighted by atomic mass is 9.80. The van der Waals surface area contributed by atoms with Crippen molar-refractivity contribution in [2.45, 2.75) is 71.6 Å². The monoisotopic (exact) mass is 446 g/mol. The molecule has 0 aromatic heterocycles. The molecule has 0 spiro atoms. The van der Waals surface area contributed by atoms with Crippen molar-refractivity contribution in [3.63, 3.8) is 0 Å². The van der Waals surface area contributed by atoms with Crippen molar-refractivity contribution in [3.05, 3.63) is 29.3 Å². The van der Waals surface area contributed by atoms with Gasteiger partial charge in [-0.25, -0.2) is 9.59 Å². The number of rotatable bonds is 4. The molecule has 0 bridgehead atoms. The number of amides is 1. The van der Waals surface area contributed by atoms with Gasteiger partial charge in [-0.05, 0) is 72.2 Å². The molecule has 2 fully saturated rings. The second-order valence-corrected chi connectivity index (χ2v) is 10.5. The standard InChI is InChI=1S/C23H35BN2O6/c1-21(2,3)30-20(29)26-10-8-25(9-11-26)18-13-16(12-17(14-18)19(27)28)15-24-31-22(4,5)23(6,7)32-24/h12-14H,8-11,15H2,1-7H3,(H,27,28). The molecular weight excluding hydrogens is 411 g/mol. The van der Waals surface area contributed by atoms with Crippen molar-refractivity contribution in [1.82, 2.24) is 4.90 Å². The van der Waals surface area contributed by atoms with E-state index < -0.39 is 29.9 Å². The summed E-state index contributed by atoms with van der Waals surface area (Å²) < 4.78 is 17.6. The third-order valence-corrected chi connectivity index (χ3v) is 6.23. The summed E-state index contributed by atoms with van der Waals surface area (Å²) >= 11 is 0. The lowest BCUT2D eigenvalue weighted by molar-refractivity contribution is 0.00578. The van der Waals surface area contributed by atoms with Gasteiger partial charge in [0.1, 0.15) is 5.60 Å². The molecule has 1 amide bonds. The number of carbonyl (C=O) groups is 2. The first-order valence-electron chi connectivity index (χ1n) is 11.1. The Bertz CT molecular complexity index is 856. The number of nitrogens with zero attached hydrogens (tertiary/aromatic N) is 2. The molecule has 0 radical (unpaired) electrons. The van der Waals surface area contributed by atoms with Crippen LogP contribution in [0.4, 0.5) is 10.5 Å². The van der Waals surface area contributed by atoms with Crippen molar-refractivity contribution in [2.75, 3.05) is 31.1 Å². The summed E-state index contributed by atoms with van der Waals surface area (Å²) in [6.07, 6.45) is 0.136. The fourth-order valence-corrected chi connectivity index (χ4v) is 3.81. The number of hydrogen-bond donors (Lipinski definition) is 1. The van der Waals surface area contributed by atoms with Crippen LogP contribution in [-0.4, -0.2) is 72.2 Å². The van der Waals surface area contributed by atoms with Gasteiger partial charge >= 0.3 is 19.2 Å². The zero-order chi connectivity index (χ0) is 23.9. The molecule has 2 heterocycles. The third kappa shape index (κ3) is 5.56. The van der Waals surface area contributed by atoms with E-state index in [9.17, 15) is 14.7 Å². The third-order valence-electron chi connectivity index (χ3n) is 6.23. The molecule has 9 heteroatoms. The van der Waals surface area contributed by atoms with E-state index in [0.29, 0.717) is 32.5 Å². The van der Waals surface area contributed by atoms with Crippen LogP contribution in [-0.2, 0) is 20.4 Å². The van der Waals surface area contributed by atoms with Gasteiger partial charge in [-0.2, -0.15) is 0 Å². The molecule has 0 atom stereocenters. The highest BCUT2D eigenvalue weighted by atomic mass is 16.7. The summed E-state index contributed by atoms with van der Waals surface area (Å²) in [5.41, 5.74) is 0.468. The summed E-state index contributed by atoms with van der Waals surface area (Å²) in [5, 5.41) is 9.63. The molecule has 0 saturated carbocycles. The van der Waals surface area contributed by atoms with Crippen molar-refractivity contribution < 1.29 is 28.7 Å². The van der Waals surface area contributed by atoms with E-state index >= 15 is 0 Å². The second-order valence-electron chi connectivity index (χ2n) is 10.5. The smallest absolute Gasteiger partial charge is 0.462 e. The first kappa shape index (κ1) is 24.4. The van der Waals surface area contributed by atoms with E-state index in [0.717, 1.165) is 11.3 Å². The molecule has 3 rings (SSSR count). The SMILES string of the molecule is CC(C)(C)OC(=O)N1CCN(c2cc(CB3OC(C)(C)C(C)(C)O3)cc(C(=O)O)c2)CC1. The van der Waals surface area contributed by atoms with Gasteiger partial charge in [0, 0.05) is 38.2 Å². The van der Waals surface area contributed by atoms with Gasteiger partial charge in [0.15, 0.2) is 0 Å². The first-order chi connectivity index (χ1) is 14.7. The van der Waals surface area contributed by atoms with E-state index in [1.165, 1.54) is 0 Å². The molecular formula is C23H35BN2O6. The predicted octanol–water partition coefficient (Wildman–Crippen LogP) is 3.62. The molecule has 2 aliphatic heterocycles. The summed E-state index contributed by atoms with van der Waals surface area (Å²) in [6, 6.07) is 5.34. The van der Waals surface area contributed by atoms with Gasteiger partial charge in [-0.3, -0.25) is 0 Å². The summed E-state index contributed by atoms with van der Waals surface area (Å²) in [6.45, 7) is 15.7. The Hall–Kier alpha value is -2.26. The number of benzene rings is 1. The Balaban J connectivity index is 1.72. The summed E-state index contributed by atoms with van der Waals surface area (Å²) in [4.78, 5) is 27.9. The minimum Gasteiger partial charge on any atom is -0.478 e. The van der Waals surface area contributed by atoms with Crippen molar-refractivity contribution in [3.8, 4) is 0 Å². The molecule has 0 aliphatic carbocycles. The molecule has 8 nitrogen and oxygen atoms in total. The lowest BCUT2D eigenvalue weighted by Crippen LogP contribution is -2.50. The number of carboxylic acid groups (broad SMARTS) is 1. The average Bonchev–Trinajstić information content (AvgIpc) is 2.86. The van der Waals surface area contributed by atoms with Crippen LogP contribution in [0.3, 0.4) is 0 Å². The quantitative estimate of drug-likeness (QED) is 0.707. The van der Waals surface area contributed by atoms with E-state index in [1.807, 2.05) is 54.5 Å². The van der Waals surface area contributed by atoms with Gasteiger partial charge in [0.2, 0.25) is 0 Å². The number of anilines is 1. The highest BCUT2D eigenvalue weighted by Crippen LogP contribution is 2.37. The van der Waals surface area contributed by atoms with Crippen LogP contribution in [0, 0.1) is 0 Å². The highest BCUT2D eigenvalue weighted by Gasteiger charge is 2.50. The van der Waals surface area contributed by atoms with E-state index in [4.69, 9.17) is 14.0 Å². The highest BCUT2D eigenvalue weighted by molar-refractivity contribution is 6.45. The fraction of sp³-hybridized carbons (Fsp3) is 0.652. The van der Waals surface area contributed by atoms with E-state index in [1.54, 1.807) is 17.0 Å². The number of hydrogen-bond acceptors (Lipinski definition) is 6. The maximum atomic E-state index is 12.3. The molecule has 1 N–H and O–H groups in total.